The summed E-state index contributed by atoms with van der Waals surface area (Å²) in [5, 5.41) is 2.32. The average Bonchev–Trinajstić information content (AvgIpc) is 3.48. The predicted octanol–water partition coefficient (Wildman–Crippen LogP) is 21.4. The minimum absolute atomic E-state index is 0. The summed E-state index contributed by atoms with van der Waals surface area (Å²) in [5.41, 5.74) is 24.0. The van der Waals surface area contributed by atoms with Crippen LogP contribution in [0.15, 0.2) is 231 Å². The van der Waals surface area contributed by atoms with Crippen molar-refractivity contribution in [3.8, 4) is 89.3 Å². The van der Waals surface area contributed by atoms with Crippen LogP contribution in [0.1, 0.15) is 105 Å². The predicted molar refractivity (Wildman–Crippen MR) is 342 cm³/mol. The molecule has 0 spiro atoms. The molecule has 0 saturated heterocycles. The maximum absolute atomic E-state index is 4.78. The van der Waals surface area contributed by atoms with Crippen LogP contribution in [-0.4, -0.2) is 9.97 Å². The topological polar surface area (TPSA) is 25.8 Å². The summed E-state index contributed by atoms with van der Waals surface area (Å²) in [7, 11) is 0. The van der Waals surface area contributed by atoms with Gasteiger partial charge in [-0.15, -0.1) is 71.3 Å². The Bertz CT molecular complexity index is 3740. The normalized spacial score (nSPS) is 11.9. The third-order valence-corrected chi connectivity index (χ3v) is 15.3. The zero-order chi connectivity index (χ0) is 56.4. The third kappa shape index (κ3) is 13.7. The molecule has 0 amide bonds. The van der Waals surface area contributed by atoms with Crippen molar-refractivity contribution in [3.05, 3.63) is 265 Å². The van der Waals surface area contributed by atoms with Gasteiger partial charge in [-0.05, 0) is 170 Å². The number of fused-ring (bicyclic) bond motifs is 1. The van der Waals surface area contributed by atoms with Crippen molar-refractivity contribution < 1.29 is 20.1 Å². The van der Waals surface area contributed by atoms with Gasteiger partial charge >= 0.3 is 0 Å². The molecule has 3 heteroatoms. The smallest absolute Gasteiger partial charge is 0.0239 e. The molecule has 2 heterocycles. The summed E-state index contributed by atoms with van der Waals surface area (Å²) in [6, 6.07) is 85.8. The SMILES string of the molecule is CC(C)(C)c1ccc(-c2cc(-c3ccc(C(C)(C)C)cc3)cc(-c3cc[c-]c(-c4nccc5ccccc45)c3)c2)cc1.CC(C)(C)c1ccc(-c2cc(-c3ccc(C(C)(C)C)cc3)cc(-c3ccc(-c4[c-]cccc4)nc3)c2)cc1.[Ir]. The number of rotatable bonds is 8. The van der Waals surface area contributed by atoms with E-state index in [-0.39, 0.29) is 41.8 Å². The molecule has 0 unspecified atom stereocenters. The van der Waals surface area contributed by atoms with Crippen LogP contribution in [0.3, 0.4) is 0 Å². The van der Waals surface area contributed by atoms with E-state index in [1.54, 1.807) is 0 Å². The van der Waals surface area contributed by atoms with E-state index < -0.39 is 0 Å². The molecule has 0 atom stereocenters. The fourth-order valence-corrected chi connectivity index (χ4v) is 10.3. The van der Waals surface area contributed by atoms with E-state index in [2.05, 4.69) is 283 Å². The number of pyridine rings is 2. The van der Waals surface area contributed by atoms with Gasteiger partial charge in [-0.1, -0.05) is 217 Å². The van der Waals surface area contributed by atoms with E-state index in [0.29, 0.717) is 0 Å². The molecule has 1 radical (unpaired) electrons. The molecule has 0 aliphatic carbocycles. The van der Waals surface area contributed by atoms with Crippen LogP contribution in [-0.2, 0) is 41.8 Å². The average molecular weight is 1230 g/mol. The first-order valence-corrected chi connectivity index (χ1v) is 28.2. The Kier molecular flexibility index (Phi) is 16.9. The molecular formula is C78H74IrN2-2. The summed E-state index contributed by atoms with van der Waals surface area (Å²) in [6.45, 7) is 27.1. The molecule has 9 aromatic carbocycles. The molecule has 0 bridgehead atoms. The van der Waals surface area contributed by atoms with E-state index in [4.69, 9.17) is 9.97 Å². The maximum Gasteiger partial charge on any atom is 0.0239 e. The van der Waals surface area contributed by atoms with Crippen LogP contribution < -0.4 is 0 Å². The van der Waals surface area contributed by atoms with Crippen LogP contribution in [0.25, 0.3) is 100 Å². The Morgan fingerprint density at radius 3 is 1.07 bits per heavy atom. The Hall–Kier alpha value is -7.81. The van der Waals surface area contributed by atoms with E-state index in [0.717, 1.165) is 44.6 Å². The second-order valence-corrected chi connectivity index (χ2v) is 25.5. The molecule has 0 aliphatic heterocycles. The van der Waals surface area contributed by atoms with Gasteiger partial charge in [0.1, 0.15) is 0 Å². The van der Waals surface area contributed by atoms with Gasteiger partial charge in [0, 0.05) is 32.5 Å². The first-order valence-electron chi connectivity index (χ1n) is 28.2. The molecule has 2 aromatic heterocycles. The summed E-state index contributed by atoms with van der Waals surface area (Å²) < 4.78 is 0. The van der Waals surface area contributed by atoms with Crippen LogP contribution in [0.2, 0.25) is 0 Å². The van der Waals surface area contributed by atoms with E-state index in [9.17, 15) is 0 Å². The van der Waals surface area contributed by atoms with Gasteiger partial charge in [-0.25, -0.2) is 0 Å². The molecule has 407 valence electrons. The molecule has 0 N–H and O–H groups in total. The largest absolute Gasteiger partial charge is 0.304 e. The molecule has 11 aromatic rings. The summed E-state index contributed by atoms with van der Waals surface area (Å²) in [5.74, 6) is 0. The Balaban J connectivity index is 0.000000194. The minimum Gasteiger partial charge on any atom is -0.304 e. The Morgan fingerprint density at radius 2 is 0.679 bits per heavy atom. The van der Waals surface area contributed by atoms with Crippen molar-refractivity contribution in [2.75, 3.05) is 0 Å². The second kappa shape index (κ2) is 23.7. The first kappa shape index (κ1) is 57.9. The Labute approximate surface area is 496 Å². The number of aromatic nitrogens is 2. The van der Waals surface area contributed by atoms with Gasteiger partial charge in [-0.3, -0.25) is 0 Å². The van der Waals surface area contributed by atoms with Crippen molar-refractivity contribution in [2.45, 2.75) is 105 Å². The molecule has 0 saturated carbocycles. The van der Waals surface area contributed by atoms with Gasteiger partial charge in [0.25, 0.3) is 0 Å². The number of hydrogen-bond donors (Lipinski definition) is 0. The first-order chi connectivity index (χ1) is 38.1. The summed E-state index contributed by atoms with van der Waals surface area (Å²) in [4.78, 5) is 9.54. The van der Waals surface area contributed by atoms with Gasteiger partial charge in [0.05, 0.1) is 0 Å². The van der Waals surface area contributed by atoms with Crippen LogP contribution in [0, 0.1) is 12.1 Å². The van der Waals surface area contributed by atoms with Gasteiger partial charge in [0.2, 0.25) is 0 Å². The molecule has 11 rings (SSSR count). The van der Waals surface area contributed by atoms with Crippen LogP contribution in [0.4, 0.5) is 0 Å². The van der Waals surface area contributed by atoms with Crippen LogP contribution in [0.5, 0.6) is 0 Å². The minimum atomic E-state index is 0. The van der Waals surface area contributed by atoms with Crippen molar-refractivity contribution in [1.29, 1.82) is 0 Å². The zero-order valence-corrected chi connectivity index (χ0v) is 51.6. The van der Waals surface area contributed by atoms with Crippen molar-refractivity contribution in [3.63, 3.8) is 0 Å². The van der Waals surface area contributed by atoms with E-state index >= 15 is 0 Å². The molecule has 81 heavy (non-hydrogen) atoms. The van der Waals surface area contributed by atoms with Gasteiger partial charge in [-0.2, -0.15) is 0 Å². The van der Waals surface area contributed by atoms with Crippen molar-refractivity contribution >= 4 is 10.8 Å². The summed E-state index contributed by atoms with van der Waals surface area (Å²) in [6.07, 6.45) is 3.86. The Morgan fingerprint density at radius 1 is 0.296 bits per heavy atom. The quantitative estimate of drug-likeness (QED) is 0.142. The molecule has 2 nitrogen and oxygen atoms in total. The van der Waals surface area contributed by atoms with E-state index in [1.807, 2.05) is 42.7 Å². The standard InChI is InChI=1S/C41H38N.C37H36N.Ir/c1-40(2,3)36-18-14-28(15-19-36)33-25-34(29-16-20-37(21-17-29)41(4,5)6)27-35(26-33)31-11-9-12-32(24-31)39-38-13-8-7-10-30(38)22-23-42-39;1-36(2,3)33-17-12-26(13-18-33)30-22-31(27-14-19-34(20-15-27)37(4,5)6)24-32(23-30)29-16-21-35(38-25-29)28-10-8-7-9-11-28;/h7-11,13-27H,1-6H3;7-10,12-25H,1-6H3;/q2*-1;. The number of benzene rings is 9. The molecule has 0 fully saturated rings. The number of nitrogens with zero attached hydrogens (tertiary/aromatic N) is 2. The van der Waals surface area contributed by atoms with Gasteiger partial charge in [0.15, 0.2) is 0 Å². The maximum atomic E-state index is 4.78. The molecule has 0 aliphatic rings. The van der Waals surface area contributed by atoms with Gasteiger partial charge < -0.3 is 9.97 Å². The molecular weight excluding hydrogens is 1160 g/mol. The fraction of sp³-hybridized carbons (Fsp3) is 0.205. The number of hydrogen-bond acceptors (Lipinski definition) is 2. The van der Waals surface area contributed by atoms with E-state index in [1.165, 1.54) is 77.7 Å². The summed E-state index contributed by atoms with van der Waals surface area (Å²) >= 11 is 0. The third-order valence-electron chi connectivity index (χ3n) is 15.3. The van der Waals surface area contributed by atoms with Crippen molar-refractivity contribution in [2.24, 2.45) is 0 Å². The second-order valence-electron chi connectivity index (χ2n) is 25.5. The zero-order valence-electron chi connectivity index (χ0n) is 49.2. The fourth-order valence-electron chi connectivity index (χ4n) is 10.3. The van der Waals surface area contributed by atoms with Crippen LogP contribution >= 0.6 is 0 Å². The van der Waals surface area contributed by atoms with Crippen molar-refractivity contribution in [1.82, 2.24) is 9.97 Å². The monoisotopic (exact) mass is 1230 g/mol.